The molecule has 112 valence electrons. The van der Waals surface area contributed by atoms with Crippen molar-refractivity contribution in [3.63, 3.8) is 0 Å². The van der Waals surface area contributed by atoms with Crippen LogP contribution in [-0.4, -0.2) is 60.5 Å². The summed E-state index contributed by atoms with van der Waals surface area (Å²) in [7, 11) is 0. The highest BCUT2D eigenvalue weighted by molar-refractivity contribution is 5.82. The SMILES string of the molecule is CCN(CC)CCCN1CCCC(NC(C)C)C1=O. The van der Waals surface area contributed by atoms with Crippen molar-refractivity contribution in [3.8, 4) is 0 Å². The number of hydrogen-bond acceptors (Lipinski definition) is 3. The van der Waals surface area contributed by atoms with Crippen molar-refractivity contribution in [2.75, 3.05) is 32.7 Å². The lowest BCUT2D eigenvalue weighted by Gasteiger charge is -2.34. The van der Waals surface area contributed by atoms with E-state index in [1.807, 2.05) is 4.90 Å². The van der Waals surface area contributed by atoms with Crippen LogP contribution in [0.3, 0.4) is 0 Å². The first-order valence-electron chi connectivity index (χ1n) is 7.85. The van der Waals surface area contributed by atoms with Gasteiger partial charge in [-0.2, -0.15) is 0 Å². The Hall–Kier alpha value is -0.610. The maximum absolute atomic E-state index is 12.3. The van der Waals surface area contributed by atoms with Gasteiger partial charge < -0.3 is 15.1 Å². The van der Waals surface area contributed by atoms with Crippen LogP contribution in [0.2, 0.25) is 0 Å². The smallest absolute Gasteiger partial charge is 0.239 e. The average molecular weight is 269 g/mol. The van der Waals surface area contributed by atoms with Gasteiger partial charge in [-0.1, -0.05) is 27.7 Å². The summed E-state index contributed by atoms with van der Waals surface area (Å²) in [5, 5.41) is 3.38. The molecule has 0 aromatic rings. The number of nitrogens with zero attached hydrogens (tertiary/aromatic N) is 2. The van der Waals surface area contributed by atoms with E-state index in [-0.39, 0.29) is 6.04 Å². The molecule has 0 bridgehead atoms. The van der Waals surface area contributed by atoms with Gasteiger partial charge in [0, 0.05) is 19.1 Å². The molecule has 1 N–H and O–H groups in total. The lowest BCUT2D eigenvalue weighted by Crippen LogP contribution is -2.52. The van der Waals surface area contributed by atoms with E-state index in [2.05, 4.69) is 37.9 Å². The fourth-order valence-corrected chi connectivity index (χ4v) is 2.74. The third-order valence-corrected chi connectivity index (χ3v) is 3.86. The summed E-state index contributed by atoms with van der Waals surface area (Å²) in [5.41, 5.74) is 0. The van der Waals surface area contributed by atoms with E-state index in [0.29, 0.717) is 11.9 Å². The highest BCUT2D eigenvalue weighted by Gasteiger charge is 2.28. The molecular weight excluding hydrogens is 238 g/mol. The second-order valence-electron chi connectivity index (χ2n) is 5.72. The second kappa shape index (κ2) is 8.54. The zero-order chi connectivity index (χ0) is 14.3. The van der Waals surface area contributed by atoms with Gasteiger partial charge in [0.2, 0.25) is 5.91 Å². The van der Waals surface area contributed by atoms with Gasteiger partial charge in [0.15, 0.2) is 0 Å². The first-order chi connectivity index (χ1) is 9.08. The molecule has 0 aromatic carbocycles. The molecule has 0 spiro atoms. The summed E-state index contributed by atoms with van der Waals surface area (Å²) in [6.45, 7) is 13.7. The van der Waals surface area contributed by atoms with Gasteiger partial charge in [0.1, 0.15) is 0 Å². The van der Waals surface area contributed by atoms with Crippen molar-refractivity contribution >= 4 is 5.91 Å². The van der Waals surface area contributed by atoms with E-state index in [4.69, 9.17) is 0 Å². The Bertz CT molecular complexity index is 264. The van der Waals surface area contributed by atoms with Crippen LogP contribution < -0.4 is 5.32 Å². The molecule has 1 amide bonds. The van der Waals surface area contributed by atoms with Crippen molar-refractivity contribution in [2.45, 2.75) is 59.0 Å². The quantitative estimate of drug-likeness (QED) is 0.728. The topological polar surface area (TPSA) is 35.6 Å². The van der Waals surface area contributed by atoms with E-state index >= 15 is 0 Å². The number of carbonyl (C=O) groups is 1. The van der Waals surface area contributed by atoms with Crippen molar-refractivity contribution in [1.29, 1.82) is 0 Å². The molecule has 0 aliphatic carbocycles. The van der Waals surface area contributed by atoms with Gasteiger partial charge in [-0.05, 0) is 38.9 Å². The Morgan fingerprint density at radius 2 is 2.05 bits per heavy atom. The van der Waals surface area contributed by atoms with Crippen LogP contribution >= 0.6 is 0 Å². The molecule has 1 saturated heterocycles. The molecular formula is C15H31N3O. The third kappa shape index (κ3) is 5.49. The van der Waals surface area contributed by atoms with Crippen LogP contribution in [0, 0.1) is 0 Å². The first-order valence-corrected chi connectivity index (χ1v) is 7.85. The van der Waals surface area contributed by atoms with E-state index in [9.17, 15) is 4.79 Å². The number of likely N-dealkylation sites (tertiary alicyclic amines) is 1. The number of rotatable bonds is 8. The number of nitrogens with one attached hydrogen (secondary N) is 1. The molecule has 1 rings (SSSR count). The van der Waals surface area contributed by atoms with Gasteiger partial charge in [-0.3, -0.25) is 4.79 Å². The van der Waals surface area contributed by atoms with Crippen LogP contribution in [-0.2, 0) is 4.79 Å². The summed E-state index contributed by atoms with van der Waals surface area (Å²) < 4.78 is 0. The second-order valence-corrected chi connectivity index (χ2v) is 5.72. The van der Waals surface area contributed by atoms with Crippen LogP contribution in [0.15, 0.2) is 0 Å². The van der Waals surface area contributed by atoms with Gasteiger partial charge in [0.25, 0.3) is 0 Å². The molecule has 4 heteroatoms. The predicted molar refractivity (Wildman–Crippen MR) is 80.3 cm³/mol. The van der Waals surface area contributed by atoms with Crippen molar-refractivity contribution in [3.05, 3.63) is 0 Å². The van der Waals surface area contributed by atoms with Crippen LogP contribution in [0.1, 0.15) is 47.0 Å². The third-order valence-electron chi connectivity index (χ3n) is 3.86. The highest BCUT2D eigenvalue weighted by Crippen LogP contribution is 2.13. The monoisotopic (exact) mass is 269 g/mol. The van der Waals surface area contributed by atoms with Gasteiger partial charge in [-0.15, -0.1) is 0 Å². The van der Waals surface area contributed by atoms with E-state index in [1.165, 1.54) is 0 Å². The number of amides is 1. The Balaban J connectivity index is 2.34. The minimum Gasteiger partial charge on any atom is -0.341 e. The molecule has 1 aliphatic rings. The maximum Gasteiger partial charge on any atom is 0.239 e. The van der Waals surface area contributed by atoms with Gasteiger partial charge >= 0.3 is 0 Å². The summed E-state index contributed by atoms with van der Waals surface area (Å²) in [4.78, 5) is 16.8. The van der Waals surface area contributed by atoms with E-state index in [0.717, 1.165) is 52.0 Å². The van der Waals surface area contributed by atoms with E-state index < -0.39 is 0 Å². The van der Waals surface area contributed by atoms with Gasteiger partial charge in [-0.25, -0.2) is 0 Å². The summed E-state index contributed by atoms with van der Waals surface area (Å²) >= 11 is 0. The van der Waals surface area contributed by atoms with Crippen molar-refractivity contribution in [1.82, 2.24) is 15.1 Å². The number of carbonyl (C=O) groups excluding carboxylic acids is 1. The maximum atomic E-state index is 12.3. The molecule has 4 nitrogen and oxygen atoms in total. The molecule has 1 atom stereocenters. The standard InChI is InChI=1S/C15H31N3O/c1-5-17(6-2)10-8-12-18-11-7-9-14(15(18)19)16-13(3)4/h13-14,16H,5-12H2,1-4H3. The summed E-state index contributed by atoms with van der Waals surface area (Å²) in [6, 6.07) is 0.423. The first kappa shape index (κ1) is 16.4. The molecule has 0 saturated carbocycles. The Kier molecular flexibility index (Phi) is 7.39. The fraction of sp³-hybridized carbons (Fsp3) is 0.933. The normalized spacial score (nSPS) is 20.6. The molecule has 1 fully saturated rings. The van der Waals surface area contributed by atoms with Crippen LogP contribution in [0.5, 0.6) is 0 Å². The molecule has 0 aromatic heterocycles. The predicted octanol–water partition coefficient (Wildman–Crippen LogP) is 1.71. The van der Waals surface area contributed by atoms with Gasteiger partial charge in [0.05, 0.1) is 6.04 Å². The minimum absolute atomic E-state index is 0.0437. The van der Waals surface area contributed by atoms with E-state index in [1.54, 1.807) is 0 Å². The molecule has 0 radical (unpaired) electrons. The lowest BCUT2D eigenvalue weighted by atomic mass is 10.0. The Morgan fingerprint density at radius 3 is 2.63 bits per heavy atom. The zero-order valence-corrected chi connectivity index (χ0v) is 13.1. The molecule has 1 aliphatic heterocycles. The molecule has 1 heterocycles. The summed E-state index contributed by atoms with van der Waals surface area (Å²) in [6.07, 6.45) is 3.20. The average Bonchev–Trinajstić information content (AvgIpc) is 2.38. The Morgan fingerprint density at radius 1 is 1.37 bits per heavy atom. The summed E-state index contributed by atoms with van der Waals surface area (Å²) in [5.74, 6) is 0.305. The van der Waals surface area contributed by atoms with Crippen LogP contribution in [0.4, 0.5) is 0 Å². The molecule has 19 heavy (non-hydrogen) atoms. The van der Waals surface area contributed by atoms with Crippen molar-refractivity contribution in [2.24, 2.45) is 0 Å². The lowest BCUT2D eigenvalue weighted by molar-refractivity contribution is -0.136. The number of hydrogen-bond donors (Lipinski definition) is 1. The number of piperidine rings is 1. The zero-order valence-electron chi connectivity index (χ0n) is 13.1. The minimum atomic E-state index is 0.0437. The largest absolute Gasteiger partial charge is 0.341 e. The van der Waals surface area contributed by atoms with Crippen molar-refractivity contribution < 1.29 is 4.79 Å². The Labute approximate surface area is 118 Å². The highest BCUT2D eigenvalue weighted by atomic mass is 16.2. The van der Waals surface area contributed by atoms with Crippen LogP contribution in [0.25, 0.3) is 0 Å². The molecule has 1 unspecified atom stereocenters. The fourth-order valence-electron chi connectivity index (χ4n) is 2.74.